The number of furan rings is 1. The van der Waals surface area contributed by atoms with E-state index < -0.39 is 22.6 Å². The fraction of sp³-hybridized carbons (Fsp3) is 0.130. The van der Waals surface area contributed by atoms with E-state index in [4.69, 9.17) is 16.6 Å². The Labute approximate surface area is 201 Å². The zero-order valence-electron chi connectivity index (χ0n) is 17.7. The number of carbonyl (C=O) groups is 1. The third-order valence-corrected chi connectivity index (χ3v) is 6.55. The SMILES string of the molecule is Cc1cc(-c2ccc(/C=C3\SC(=S)N(c4cccc(C(F)(F)F)c4)C3=O)o2)cc([N+](=O)[O-])c1C. The minimum Gasteiger partial charge on any atom is -0.457 e. The second-order valence-corrected chi connectivity index (χ2v) is 9.14. The van der Waals surface area contributed by atoms with Crippen LogP contribution in [0, 0.1) is 24.0 Å². The van der Waals surface area contributed by atoms with E-state index in [2.05, 4.69) is 0 Å². The molecule has 0 bridgehead atoms. The van der Waals surface area contributed by atoms with Crippen LogP contribution in [0.4, 0.5) is 24.5 Å². The molecular formula is C23H15F3N2O4S2. The summed E-state index contributed by atoms with van der Waals surface area (Å²) in [6.07, 6.45) is -3.12. The largest absolute Gasteiger partial charge is 0.457 e. The van der Waals surface area contributed by atoms with E-state index in [9.17, 15) is 28.1 Å². The Kier molecular flexibility index (Phi) is 6.09. The minimum absolute atomic E-state index is 0.0169. The maximum absolute atomic E-state index is 13.1. The van der Waals surface area contributed by atoms with Gasteiger partial charge in [-0.15, -0.1) is 0 Å². The van der Waals surface area contributed by atoms with Crippen LogP contribution in [0.2, 0.25) is 0 Å². The highest BCUT2D eigenvalue weighted by Crippen LogP contribution is 2.39. The highest BCUT2D eigenvalue weighted by molar-refractivity contribution is 8.27. The maximum Gasteiger partial charge on any atom is 0.416 e. The van der Waals surface area contributed by atoms with Gasteiger partial charge in [0, 0.05) is 23.3 Å². The normalized spacial score (nSPS) is 15.4. The standard InChI is InChI=1S/C23H15F3N2O4S2/c1-12-8-14(9-18(13(12)2)28(30)31)19-7-6-17(32-19)11-20-21(29)27(22(33)34-20)16-5-3-4-15(10-16)23(24,25)26/h3-11H,1-2H3/b20-11-. The number of rotatable bonds is 4. The summed E-state index contributed by atoms with van der Waals surface area (Å²) < 4.78 is 45.1. The molecule has 0 spiro atoms. The first-order valence-corrected chi connectivity index (χ1v) is 11.0. The predicted octanol–water partition coefficient (Wildman–Crippen LogP) is 6.90. The topological polar surface area (TPSA) is 76.6 Å². The third kappa shape index (κ3) is 4.48. The molecule has 0 aliphatic carbocycles. The van der Waals surface area contributed by atoms with Crippen molar-refractivity contribution in [1.29, 1.82) is 0 Å². The Morgan fingerprint density at radius 1 is 1.15 bits per heavy atom. The number of nitro benzene ring substituents is 1. The van der Waals surface area contributed by atoms with Gasteiger partial charge >= 0.3 is 6.18 Å². The van der Waals surface area contributed by atoms with Gasteiger partial charge in [0.15, 0.2) is 4.32 Å². The molecule has 174 valence electrons. The molecule has 0 N–H and O–H groups in total. The molecule has 34 heavy (non-hydrogen) atoms. The number of thiocarbonyl (C=S) groups is 1. The van der Waals surface area contributed by atoms with E-state index in [1.165, 1.54) is 24.3 Å². The molecule has 0 atom stereocenters. The first kappa shape index (κ1) is 23.7. The molecule has 1 saturated heterocycles. The van der Waals surface area contributed by atoms with Gasteiger partial charge < -0.3 is 4.42 Å². The number of anilines is 1. The Bertz CT molecular complexity index is 1380. The van der Waals surface area contributed by atoms with Gasteiger partial charge in [-0.05, 0) is 55.8 Å². The van der Waals surface area contributed by atoms with Crippen LogP contribution in [0.1, 0.15) is 22.5 Å². The van der Waals surface area contributed by atoms with E-state index in [-0.39, 0.29) is 20.6 Å². The number of benzene rings is 2. The summed E-state index contributed by atoms with van der Waals surface area (Å²) in [5.41, 5.74) is 0.883. The molecule has 0 saturated carbocycles. The van der Waals surface area contributed by atoms with E-state index in [1.807, 2.05) is 0 Å². The summed E-state index contributed by atoms with van der Waals surface area (Å²) >= 11 is 6.17. The molecule has 6 nitrogen and oxygen atoms in total. The molecular weight excluding hydrogens is 489 g/mol. The number of alkyl halides is 3. The van der Waals surface area contributed by atoms with Crippen LogP contribution in [-0.4, -0.2) is 15.2 Å². The number of carbonyl (C=O) groups excluding carboxylic acids is 1. The molecule has 1 aliphatic rings. The van der Waals surface area contributed by atoms with Gasteiger partial charge in [-0.1, -0.05) is 30.0 Å². The number of hydrogen-bond acceptors (Lipinski definition) is 6. The Morgan fingerprint density at radius 2 is 1.88 bits per heavy atom. The number of halogens is 3. The highest BCUT2D eigenvalue weighted by atomic mass is 32.2. The summed E-state index contributed by atoms with van der Waals surface area (Å²) in [5.74, 6) is 0.0836. The summed E-state index contributed by atoms with van der Waals surface area (Å²) in [7, 11) is 0. The molecule has 2 heterocycles. The zero-order valence-corrected chi connectivity index (χ0v) is 19.3. The first-order chi connectivity index (χ1) is 16.0. The van der Waals surface area contributed by atoms with Crippen LogP contribution < -0.4 is 4.90 Å². The number of nitrogens with zero attached hydrogens (tertiary/aromatic N) is 2. The van der Waals surface area contributed by atoms with Crippen LogP contribution in [0.5, 0.6) is 0 Å². The van der Waals surface area contributed by atoms with Crippen molar-refractivity contribution in [3.8, 4) is 11.3 Å². The summed E-state index contributed by atoms with van der Waals surface area (Å²) in [4.78, 5) is 25.0. The van der Waals surface area contributed by atoms with Gasteiger partial charge in [-0.3, -0.25) is 19.8 Å². The molecule has 1 aliphatic heterocycles. The average Bonchev–Trinajstić information content (AvgIpc) is 3.33. The van der Waals surface area contributed by atoms with E-state index in [0.717, 1.165) is 34.4 Å². The van der Waals surface area contributed by atoms with Gasteiger partial charge in [0.2, 0.25) is 0 Å². The quantitative estimate of drug-likeness (QED) is 0.167. The molecule has 1 fully saturated rings. The molecule has 2 aromatic carbocycles. The first-order valence-electron chi connectivity index (χ1n) is 9.77. The van der Waals surface area contributed by atoms with Gasteiger partial charge in [0.1, 0.15) is 11.5 Å². The van der Waals surface area contributed by atoms with Crippen LogP contribution in [-0.2, 0) is 11.0 Å². The Morgan fingerprint density at radius 3 is 2.56 bits per heavy atom. The lowest BCUT2D eigenvalue weighted by molar-refractivity contribution is -0.385. The van der Waals surface area contributed by atoms with Crippen molar-refractivity contribution in [1.82, 2.24) is 0 Å². The Hall–Kier alpha value is -3.44. The van der Waals surface area contributed by atoms with E-state index in [1.54, 1.807) is 32.0 Å². The van der Waals surface area contributed by atoms with Crippen LogP contribution >= 0.6 is 24.0 Å². The lowest BCUT2D eigenvalue weighted by Crippen LogP contribution is -2.27. The van der Waals surface area contributed by atoms with Crippen molar-refractivity contribution in [2.75, 3.05) is 4.90 Å². The van der Waals surface area contributed by atoms with Crippen molar-refractivity contribution in [3.05, 3.63) is 86.0 Å². The fourth-order valence-electron chi connectivity index (χ4n) is 3.40. The van der Waals surface area contributed by atoms with Crippen molar-refractivity contribution in [2.45, 2.75) is 20.0 Å². The van der Waals surface area contributed by atoms with Gasteiger partial charge in [0.25, 0.3) is 11.6 Å². The molecule has 0 unspecified atom stereocenters. The van der Waals surface area contributed by atoms with Gasteiger partial charge in [-0.25, -0.2) is 0 Å². The molecule has 1 aromatic heterocycles. The van der Waals surface area contributed by atoms with Gasteiger partial charge in [-0.2, -0.15) is 13.2 Å². The van der Waals surface area contributed by atoms with Crippen LogP contribution in [0.25, 0.3) is 17.4 Å². The lowest BCUT2D eigenvalue weighted by atomic mass is 10.0. The fourth-order valence-corrected chi connectivity index (χ4v) is 4.68. The third-order valence-electron chi connectivity index (χ3n) is 5.25. The number of aryl methyl sites for hydroxylation is 1. The molecule has 3 aromatic rings. The van der Waals surface area contributed by atoms with Crippen LogP contribution in [0.3, 0.4) is 0 Å². The minimum atomic E-state index is -4.56. The average molecular weight is 505 g/mol. The highest BCUT2D eigenvalue weighted by Gasteiger charge is 2.36. The summed E-state index contributed by atoms with van der Waals surface area (Å²) in [6.45, 7) is 3.42. The smallest absolute Gasteiger partial charge is 0.416 e. The summed E-state index contributed by atoms with van der Waals surface area (Å²) in [5, 5.41) is 11.3. The predicted molar refractivity (Wildman–Crippen MR) is 127 cm³/mol. The number of thioether (sulfide) groups is 1. The second-order valence-electron chi connectivity index (χ2n) is 7.46. The number of amides is 1. The number of nitro groups is 1. The molecule has 11 heteroatoms. The Balaban J connectivity index is 1.63. The van der Waals surface area contributed by atoms with Gasteiger partial charge in [0.05, 0.1) is 21.1 Å². The molecule has 1 amide bonds. The van der Waals surface area contributed by atoms with Crippen molar-refractivity contribution in [2.24, 2.45) is 0 Å². The van der Waals surface area contributed by atoms with E-state index >= 15 is 0 Å². The summed E-state index contributed by atoms with van der Waals surface area (Å²) in [6, 6.07) is 10.8. The van der Waals surface area contributed by atoms with Crippen LogP contribution in [0.15, 0.2) is 57.9 Å². The number of hydrogen-bond donors (Lipinski definition) is 0. The monoisotopic (exact) mass is 504 g/mol. The second kappa shape index (κ2) is 8.73. The zero-order chi connectivity index (χ0) is 24.8. The van der Waals surface area contributed by atoms with Crippen molar-refractivity contribution < 1.29 is 27.3 Å². The van der Waals surface area contributed by atoms with E-state index in [0.29, 0.717) is 22.6 Å². The lowest BCUT2D eigenvalue weighted by Gasteiger charge is -2.16. The molecule has 4 rings (SSSR count). The van der Waals surface area contributed by atoms with Crippen molar-refractivity contribution in [3.63, 3.8) is 0 Å². The molecule has 0 radical (unpaired) electrons. The van der Waals surface area contributed by atoms with Crippen molar-refractivity contribution >= 4 is 51.7 Å². The maximum atomic E-state index is 13.1.